The maximum Gasteiger partial charge on any atom is 0.265 e. The van der Waals surface area contributed by atoms with Crippen molar-refractivity contribution in [2.75, 3.05) is 17.9 Å². The standard InChI is InChI=1S/C14H17FN2O2S2/c1-3-17(12-6-4-5-11(15)7-12)21(18,19)14-8-13(9-16-2)20-10-14/h4-8,10,16H,3,9H2,1-2H3. The van der Waals surface area contributed by atoms with Crippen LogP contribution >= 0.6 is 11.3 Å². The minimum atomic E-state index is -3.67. The van der Waals surface area contributed by atoms with Gasteiger partial charge in [0.05, 0.1) is 10.6 Å². The van der Waals surface area contributed by atoms with E-state index in [4.69, 9.17) is 0 Å². The third-order valence-corrected chi connectivity index (χ3v) is 5.92. The fourth-order valence-electron chi connectivity index (χ4n) is 2.01. The largest absolute Gasteiger partial charge is 0.315 e. The van der Waals surface area contributed by atoms with Crippen molar-refractivity contribution in [1.29, 1.82) is 0 Å². The number of hydrogen-bond acceptors (Lipinski definition) is 4. The molecule has 0 aliphatic rings. The van der Waals surface area contributed by atoms with Crippen LogP contribution in [0.15, 0.2) is 40.6 Å². The molecule has 114 valence electrons. The highest BCUT2D eigenvalue weighted by Gasteiger charge is 2.25. The zero-order valence-electron chi connectivity index (χ0n) is 11.8. The summed E-state index contributed by atoms with van der Waals surface area (Å²) in [5, 5.41) is 4.60. The first-order chi connectivity index (χ1) is 9.98. The predicted molar refractivity (Wildman–Crippen MR) is 83.7 cm³/mol. The molecule has 21 heavy (non-hydrogen) atoms. The van der Waals surface area contributed by atoms with E-state index in [1.807, 2.05) is 0 Å². The molecule has 1 N–H and O–H groups in total. The van der Waals surface area contributed by atoms with Gasteiger partial charge in [0.15, 0.2) is 0 Å². The summed E-state index contributed by atoms with van der Waals surface area (Å²) < 4.78 is 39.9. The number of benzene rings is 1. The van der Waals surface area contributed by atoms with Crippen molar-refractivity contribution in [1.82, 2.24) is 5.32 Å². The van der Waals surface area contributed by atoms with Crippen LogP contribution in [0.2, 0.25) is 0 Å². The average molecular weight is 328 g/mol. The van der Waals surface area contributed by atoms with E-state index in [-0.39, 0.29) is 11.4 Å². The quantitative estimate of drug-likeness (QED) is 0.887. The molecule has 1 aromatic heterocycles. The summed E-state index contributed by atoms with van der Waals surface area (Å²) in [5.41, 5.74) is 0.332. The molecule has 0 fully saturated rings. The van der Waals surface area contributed by atoms with Gasteiger partial charge in [-0.05, 0) is 38.2 Å². The molecule has 0 atom stereocenters. The Balaban J connectivity index is 2.39. The number of anilines is 1. The molecular formula is C14H17FN2O2S2. The lowest BCUT2D eigenvalue weighted by Gasteiger charge is -2.22. The van der Waals surface area contributed by atoms with E-state index >= 15 is 0 Å². The molecule has 0 aliphatic carbocycles. The van der Waals surface area contributed by atoms with Gasteiger partial charge in [0, 0.05) is 23.3 Å². The number of thiophene rings is 1. The minimum Gasteiger partial charge on any atom is -0.315 e. The lowest BCUT2D eigenvalue weighted by molar-refractivity contribution is 0.591. The van der Waals surface area contributed by atoms with Crippen molar-refractivity contribution in [3.63, 3.8) is 0 Å². The van der Waals surface area contributed by atoms with Gasteiger partial charge < -0.3 is 5.32 Å². The smallest absolute Gasteiger partial charge is 0.265 e. The number of hydrogen-bond donors (Lipinski definition) is 1. The molecular weight excluding hydrogens is 311 g/mol. The van der Waals surface area contributed by atoms with Gasteiger partial charge in [-0.3, -0.25) is 4.31 Å². The van der Waals surface area contributed by atoms with Gasteiger partial charge in [-0.2, -0.15) is 0 Å². The first kappa shape index (κ1) is 15.9. The van der Waals surface area contributed by atoms with Gasteiger partial charge in [-0.25, -0.2) is 12.8 Å². The second-order valence-electron chi connectivity index (χ2n) is 4.43. The first-order valence-electron chi connectivity index (χ1n) is 6.49. The maximum absolute atomic E-state index is 13.3. The van der Waals surface area contributed by atoms with E-state index in [1.54, 1.807) is 31.5 Å². The van der Waals surface area contributed by atoms with E-state index in [2.05, 4.69) is 5.32 Å². The monoisotopic (exact) mass is 328 g/mol. The van der Waals surface area contributed by atoms with E-state index in [0.29, 0.717) is 12.2 Å². The van der Waals surface area contributed by atoms with Crippen molar-refractivity contribution in [2.45, 2.75) is 18.4 Å². The van der Waals surface area contributed by atoms with Crippen molar-refractivity contribution in [3.8, 4) is 0 Å². The first-order valence-corrected chi connectivity index (χ1v) is 8.81. The van der Waals surface area contributed by atoms with Crippen LogP contribution < -0.4 is 9.62 Å². The summed E-state index contributed by atoms with van der Waals surface area (Å²) in [6.07, 6.45) is 0. The van der Waals surface area contributed by atoms with E-state index in [0.717, 1.165) is 4.88 Å². The van der Waals surface area contributed by atoms with Crippen LogP contribution in [-0.4, -0.2) is 22.0 Å². The fourth-order valence-corrected chi connectivity index (χ4v) is 4.75. The lowest BCUT2D eigenvalue weighted by atomic mass is 10.3. The van der Waals surface area contributed by atoms with Crippen molar-refractivity contribution in [2.24, 2.45) is 0 Å². The third-order valence-electron chi connectivity index (χ3n) is 2.95. The number of nitrogens with zero attached hydrogens (tertiary/aromatic N) is 1. The van der Waals surface area contributed by atoms with Crippen LogP contribution in [0.1, 0.15) is 11.8 Å². The highest BCUT2D eigenvalue weighted by Crippen LogP contribution is 2.27. The molecule has 0 radical (unpaired) electrons. The SMILES string of the molecule is CCN(c1cccc(F)c1)S(=O)(=O)c1csc(CNC)c1. The molecule has 0 spiro atoms. The number of sulfonamides is 1. The van der Waals surface area contributed by atoms with Gasteiger partial charge in [-0.15, -0.1) is 11.3 Å². The van der Waals surface area contributed by atoms with Crippen LogP contribution in [0.4, 0.5) is 10.1 Å². The Labute approximate surface area is 128 Å². The minimum absolute atomic E-state index is 0.239. The van der Waals surface area contributed by atoms with Gasteiger partial charge in [0.1, 0.15) is 5.82 Å². The lowest BCUT2D eigenvalue weighted by Crippen LogP contribution is -2.30. The van der Waals surface area contributed by atoms with Crippen molar-refractivity contribution >= 4 is 27.0 Å². The molecule has 0 bridgehead atoms. The Morgan fingerprint density at radius 3 is 2.71 bits per heavy atom. The summed E-state index contributed by atoms with van der Waals surface area (Å²) in [7, 11) is -1.86. The van der Waals surface area contributed by atoms with Crippen LogP contribution in [0.25, 0.3) is 0 Å². The zero-order chi connectivity index (χ0) is 15.5. The Morgan fingerprint density at radius 2 is 2.10 bits per heavy atom. The molecule has 0 saturated heterocycles. The maximum atomic E-state index is 13.3. The number of nitrogens with one attached hydrogen (secondary N) is 1. The second-order valence-corrected chi connectivity index (χ2v) is 7.29. The highest BCUT2D eigenvalue weighted by atomic mass is 32.2. The molecule has 0 amide bonds. The highest BCUT2D eigenvalue weighted by molar-refractivity contribution is 7.93. The molecule has 1 aromatic carbocycles. The van der Waals surface area contributed by atoms with Crippen molar-refractivity contribution < 1.29 is 12.8 Å². The predicted octanol–water partition coefficient (Wildman–Crippen LogP) is 2.82. The molecule has 0 aliphatic heterocycles. The van der Waals surface area contributed by atoms with Crippen LogP contribution in [0.5, 0.6) is 0 Å². The molecule has 0 saturated carbocycles. The van der Waals surface area contributed by atoms with E-state index < -0.39 is 15.8 Å². The Bertz CT molecular complexity index is 713. The zero-order valence-corrected chi connectivity index (χ0v) is 13.5. The van der Waals surface area contributed by atoms with E-state index in [9.17, 15) is 12.8 Å². The summed E-state index contributed by atoms with van der Waals surface area (Å²) >= 11 is 1.38. The van der Waals surface area contributed by atoms with Gasteiger partial charge in [-0.1, -0.05) is 6.07 Å². The topological polar surface area (TPSA) is 49.4 Å². The normalized spacial score (nSPS) is 11.6. The average Bonchev–Trinajstić information content (AvgIpc) is 2.89. The molecule has 2 aromatic rings. The van der Waals surface area contributed by atoms with Gasteiger partial charge in [0.2, 0.25) is 0 Å². The van der Waals surface area contributed by atoms with Crippen LogP contribution in [0.3, 0.4) is 0 Å². The fraction of sp³-hybridized carbons (Fsp3) is 0.286. The third kappa shape index (κ3) is 3.42. The second kappa shape index (κ2) is 6.55. The summed E-state index contributed by atoms with van der Waals surface area (Å²) in [4.78, 5) is 1.18. The molecule has 1 heterocycles. The molecule has 2 rings (SSSR count). The van der Waals surface area contributed by atoms with Crippen LogP contribution in [-0.2, 0) is 16.6 Å². The van der Waals surface area contributed by atoms with Gasteiger partial charge in [0.25, 0.3) is 10.0 Å². The van der Waals surface area contributed by atoms with Crippen molar-refractivity contribution in [3.05, 3.63) is 46.4 Å². The molecule has 4 nitrogen and oxygen atoms in total. The summed E-state index contributed by atoms with van der Waals surface area (Å²) in [5.74, 6) is -0.456. The Kier molecular flexibility index (Phi) is 4.97. The summed E-state index contributed by atoms with van der Waals surface area (Å²) in [6, 6.07) is 7.26. The van der Waals surface area contributed by atoms with Gasteiger partial charge >= 0.3 is 0 Å². The van der Waals surface area contributed by atoms with Crippen LogP contribution in [0, 0.1) is 5.82 Å². The number of rotatable bonds is 6. The number of halogens is 1. The summed E-state index contributed by atoms with van der Waals surface area (Å²) in [6.45, 7) is 2.58. The molecule has 7 heteroatoms. The van der Waals surface area contributed by atoms with E-state index in [1.165, 1.54) is 33.8 Å². The Hall–Kier alpha value is -1.44. The Morgan fingerprint density at radius 1 is 1.33 bits per heavy atom. The molecule has 0 unspecified atom stereocenters.